The van der Waals surface area contributed by atoms with Crippen LogP contribution in [-0.2, 0) is 10.0 Å². The van der Waals surface area contributed by atoms with Gasteiger partial charge in [0.25, 0.3) is 0 Å². The van der Waals surface area contributed by atoms with Crippen molar-refractivity contribution in [1.82, 2.24) is 10.0 Å². The van der Waals surface area contributed by atoms with Crippen LogP contribution < -0.4 is 14.8 Å². The maximum atomic E-state index is 13.6. The number of halogens is 3. The molecule has 1 aliphatic heterocycles. The number of methoxy groups -OCH3 is 1. The van der Waals surface area contributed by atoms with Crippen LogP contribution in [-0.4, -0.2) is 35.2 Å². The van der Waals surface area contributed by atoms with E-state index in [1.807, 2.05) is 0 Å². The Kier molecular flexibility index (Phi) is 7.54. The van der Waals surface area contributed by atoms with Crippen molar-refractivity contribution in [2.24, 2.45) is 5.92 Å². The van der Waals surface area contributed by atoms with E-state index in [-0.39, 0.29) is 27.5 Å². The van der Waals surface area contributed by atoms with E-state index < -0.39 is 15.8 Å². The summed E-state index contributed by atoms with van der Waals surface area (Å²) >= 11 is 3.01. The third-order valence-electron chi connectivity index (χ3n) is 3.50. The van der Waals surface area contributed by atoms with Crippen molar-refractivity contribution in [1.29, 1.82) is 0 Å². The second-order valence-electron chi connectivity index (χ2n) is 4.96. The fourth-order valence-electron chi connectivity index (χ4n) is 2.32. The molecule has 1 aromatic carbocycles. The molecule has 1 aliphatic rings. The first kappa shape index (κ1) is 19.6. The maximum absolute atomic E-state index is 13.6. The third kappa shape index (κ3) is 4.79. The number of ether oxygens (including phenoxy) is 1. The SMILES string of the molecule is COc1cc(Br)c(F)cc1S(=O)(=O)NCCC1CCNC1.Cl. The van der Waals surface area contributed by atoms with Crippen molar-refractivity contribution < 1.29 is 17.5 Å². The second kappa shape index (κ2) is 8.44. The van der Waals surface area contributed by atoms with Gasteiger partial charge in [0.2, 0.25) is 10.0 Å². The largest absolute Gasteiger partial charge is 0.495 e. The zero-order valence-electron chi connectivity index (χ0n) is 12.1. The molecule has 1 saturated heterocycles. The van der Waals surface area contributed by atoms with Gasteiger partial charge in [-0.1, -0.05) is 0 Å². The van der Waals surface area contributed by atoms with Crippen molar-refractivity contribution in [3.05, 3.63) is 22.4 Å². The second-order valence-corrected chi connectivity index (χ2v) is 7.55. The summed E-state index contributed by atoms with van der Waals surface area (Å²) in [5, 5.41) is 3.23. The first-order valence-electron chi connectivity index (χ1n) is 6.67. The summed E-state index contributed by atoms with van der Waals surface area (Å²) in [7, 11) is -2.44. The Morgan fingerprint density at radius 2 is 2.23 bits per heavy atom. The van der Waals surface area contributed by atoms with Crippen LogP contribution in [0.15, 0.2) is 21.5 Å². The molecule has 0 spiro atoms. The molecule has 2 rings (SSSR count). The lowest BCUT2D eigenvalue weighted by Gasteiger charge is -2.13. The van der Waals surface area contributed by atoms with Gasteiger partial charge in [-0.2, -0.15) is 0 Å². The van der Waals surface area contributed by atoms with E-state index >= 15 is 0 Å². The number of hydrogen-bond acceptors (Lipinski definition) is 4. The Morgan fingerprint density at radius 1 is 1.50 bits per heavy atom. The van der Waals surface area contributed by atoms with Gasteiger partial charge in [0.1, 0.15) is 16.5 Å². The van der Waals surface area contributed by atoms with E-state index in [0.717, 1.165) is 32.0 Å². The molecule has 0 amide bonds. The number of benzene rings is 1. The number of sulfonamides is 1. The lowest BCUT2D eigenvalue weighted by Crippen LogP contribution is -2.27. The topological polar surface area (TPSA) is 67.4 Å². The molecule has 9 heteroatoms. The molecule has 0 saturated carbocycles. The van der Waals surface area contributed by atoms with Crippen LogP contribution in [0.25, 0.3) is 0 Å². The molecule has 0 aliphatic carbocycles. The van der Waals surface area contributed by atoms with E-state index in [1.54, 1.807) is 0 Å². The van der Waals surface area contributed by atoms with Gasteiger partial charge in [-0.3, -0.25) is 0 Å². The van der Waals surface area contributed by atoms with Gasteiger partial charge in [0, 0.05) is 6.54 Å². The summed E-state index contributed by atoms with van der Waals surface area (Å²) in [6.07, 6.45) is 1.81. The van der Waals surface area contributed by atoms with E-state index in [2.05, 4.69) is 26.0 Å². The predicted molar refractivity (Wildman–Crippen MR) is 88.7 cm³/mol. The molecule has 5 nitrogen and oxygen atoms in total. The lowest BCUT2D eigenvalue weighted by atomic mass is 10.1. The monoisotopic (exact) mass is 416 g/mol. The molecule has 126 valence electrons. The van der Waals surface area contributed by atoms with Crippen LogP contribution >= 0.6 is 28.3 Å². The van der Waals surface area contributed by atoms with Crippen LogP contribution in [0.4, 0.5) is 4.39 Å². The summed E-state index contributed by atoms with van der Waals surface area (Å²) in [6.45, 7) is 2.22. The molecule has 1 heterocycles. The molecule has 0 aromatic heterocycles. The predicted octanol–water partition coefficient (Wildman–Crippen LogP) is 2.30. The van der Waals surface area contributed by atoms with E-state index in [9.17, 15) is 12.8 Å². The fraction of sp³-hybridized carbons (Fsp3) is 0.538. The van der Waals surface area contributed by atoms with Gasteiger partial charge < -0.3 is 10.1 Å². The normalized spacial score (nSPS) is 18.0. The van der Waals surface area contributed by atoms with Crippen molar-refractivity contribution in [3.8, 4) is 5.75 Å². The fourth-order valence-corrected chi connectivity index (χ4v) is 3.85. The highest BCUT2D eigenvalue weighted by molar-refractivity contribution is 9.10. The van der Waals surface area contributed by atoms with Gasteiger partial charge in [-0.15, -0.1) is 12.4 Å². The third-order valence-corrected chi connectivity index (χ3v) is 5.59. The van der Waals surface area contributed by atoms with Crippen LogP contribution in [0.2, 0.25) is 0 Å². The van der Waals surface area contributed by atoms with Crippen LogP contribution in [0.3, 0.4) is 0 Å². The van der Waals surface area contributed by atoms with Crippen molar-refractivity contribution in [2.75, 3.05) is 26.7 Å². The first-order valence-corrected chi connectivity index (χ1v) is 8.95. The summed E-state index contributed by atoms with van der Waals surface area (Å²) in [5.74, 6) is -0.0503. The summed E-state index contributed by atoms with van der Waals surface area (Å²) < 4.78 is 45.8. The number of hydrogen-bond donors (Lipinski definition) is 2. The van der Waals surface area contributed by atoms with Crippen LogP contribution in [0.5, 0.6) is 5.75 Å². The van der Waals surface area contributed by atoms with Gasteiger partial charge in [0.05, 0.1) is 11.6 Å². The Hall–Kier alpha value is -0.410. The molecule has 2 N–H and O–H groups in total. The first-order chi connectivity index (χ1) is 9.94. The number of nitrogens with one attached hydrogen (secondary N) is 2. The minimum atomic E-state index is -3.79. The molecule has 1 atom stereocenters. The average Bonchev–Trinajstić information content (AvgIpc) is 2.94. The molecular weight excluding hydrogens is 399 g/mol. The molecule has 0 bridgehead atoms. The summed E-state index contributed by atoms with van der Waals surface area (Å²) in [4.78, 5) is -0.185. The Bertz CT molecular complexity index is 610. The smallest absolute Gasteiger partial charge is 0.244 e. The van der Waals surface area contributed by atoms with Crippen molar-refractivity contribution in [2.45, 2.75) is 17.7 Å². The highest BCUT2D eigenvalue weighted by atomic mass is 79.9. The van der Waals surface area contributed by atoms with Crippen molar-refractivity contribution in [3.63, 3.8) is 0 Å². The lowest BCUT2D eigenvalue weighted by molar-refractivity contribution is 0.400. The van der Waals surface area contributed by atoms with Gasteiger partial charge in [-0.25, -0.2) is 17.5 Å². The van der Waals surface area contributed by atoms with Crippen LogP contribution in [0.1, 0.15) is 12.8 Å². The molecule has 1 unspecified atom stereocenters. The van der Waals surface area contributed by atoms with E-state index in [4.69, 9.17) is 4.74 Å². The Balaban J connectivity index is 0.00000242. The summed E-state index contributed by atoms with van der Waals surface area (Å²) in [5.41, 5.74) is 0. The highest BCUT2D eigenvalue weighted by Crippen LogP contribution is 2.29. The summed E-state index contributed by atoms with van der Waals surface area (Å²) in [6, 6.07) is 2.27. The Labute approximate surface area is 144 Å². The maximum Gasteiger partial charge on any atom is 0.244 e. The molecule has 1 fully saturated rings. The zero-order chi connectivity index (χ0) is 15.5. The van der Waals surface area contributed by atoms with Crippen molar-refractivity contribution >= 4 is 38.4 Å². The van der Waals surface area contributed by atoms with Gasteiger partial charge in [0.15, 0.2) is 0 Å². The number of rotatable bonds is 6. The van der Waals surface area contributed by atoms with Crippen LogP contribution in [0, 0.1) is 11.7 Å². The van der Waals surface area contributed by atoms with E-state index in [0.29, 0.717) is 12.5 Å². The van der Waals surface area contributed by atoms with Gasteiger partial charge >= 0.3 is 0 Å². The quantitative estimate of drug-likeness (QED) is 0.745. The molecular formula is C13H19BrClFN2O3S. The molecule has 22 heavy (non-hydrogen) atoms. The highest BCUT2D eigenvalue weighted by Gasteiger charge is 2.22. The van der Waals surface area contributed by atoms with E-state index in [1.165, 1.54) is 13.2 Å². The molecule has 0 radical (unpaired) electrons. The zero-order valence-corrected chi connectivity index (χ0v) is 15.3. The average molecular weight is 418 g/mol. The minimum absolute atomic E-state index is 0. The molecule has 1 aromatic rings. The Morgan fingerprint density at radius 3 is 2.82 bits per heavy atom. The van der Waals surface area contributed by atoms with Gasteiger partial charge in [-0.05, 0) is 59.9 Å². The minimum Gasteiger partial charge on any atom is -0.495 e. The standard InChI is InChI=1S/C13H18BrFN2O3S.ClH/c1-20-12-6-10(14)11(15)7-13(12)21(18,19)17-5-3-9-2-4-16-8-9;/h6-7,9,16-17H,2-5,8H2,1H3;1H.